The lowest BCUT2D eigenvalue weighted by molar-refractivity contribution is 1.02. The van der Waals surface area contributed by atoms with E-state index in [9.17, 15) is 0 Å². The Morgan fingerprint density at radius 2 is 1.94 bits per heavy atom. The van der Waals surface area contributed by atoms with E-state index in [0.29, 0.717) is 6.54 Å². The number of aromatic nitrogens is 1. The zero-order valence-corrected chi connectivity index (χ0v) is 9.30. The maximum atomic E-state index is 5.70. The molecule has 16 heavy (non-hydrogen) atoms. The third-order valence-corrected chi connectivity index (χ3v) is 2.60. The fourth-order valence-electron chi connectivity index (χ4n) is 1.69. The topological polar surface area (TPSA) is 42.2 Å². The van der Waals surface area contributed by atoms with Crippen LogP contribution in [-0.2, 0) is 6.54 Å². The summed E-state index contributed by atoms with van der Waals surface area (Å²) in [5, 5.41) is 0. The lowest BCUT2D eigenvalue weighted by Gasteiger charge is -2.21. The SMILES string of the molecule is CN(c1ccccc1)c1ccncc1CN. The number of hydrogen-bond donors (Lipinski definition) is 1. The molecule has 0 spiro atoms. The second-order valence-electron chi connectivity index (χ2n) is 3.60. The summed E-state index contributed by atoms with van der Waals surface area (Å²) in [4.78, 5) is 6.20. The largest absolute Gasteiger partial charge is 0.344 e. The molecule has 0 fully saturated rings. The first-order valence-electron chi connectivity index (χ1n) is 5.24. The molecule has 2 N–H and O–H groups in total. The number of benzene rings is 1. The Morgan fingerprint density at radius 3 is 2.62 bits per heavy atom. The highest BCUT2D eigenvalue weighted by Gasteiger charge is 2.07. The summed E-state index contributed by atoms with van der Waals surface area (Å²) < 4.78 is 0. The normalized spacial score (nSPS) is 10.1. The van der Waals surface area contributed by atoms with E-state index < -0.39 is 0 Å². The van der Waals surface area contributed by atoms with E-state index in [1.54, 1.807) is 6.20 Å². The first-order chi connectivity index (χ1) is 7.83. The van der Waals surface area contributed by atoms with Crippen LogP contribution in [0.1, 0.15) is 5.56 Å². The minimum absolute atomic E-state index is 0.500. The number of anilines is 2. The molecule has 1 heterocycles. The van der Waals surface area contributed by atoms with Gasteiger partial charge in [0.05, 0.1) is 0 Å². The van der Waals surface area contributed by atoms with Gasteiger partial charge in [0.2, 0.25) is 0 Å². The third-order valence-electron chi connectivity index (χ3n) is 2.60. The molecule has 1 aromatic heterocycles. The van der Waals surface area contributed by atoms with Crippen LogP contribution in [0.15, 0.2) is 48.8 Å². The van der Waals surface area contributed by atoms with E-state index >= 15 is 0 Å². The number of nitrogens with two attached hydrogens (primary N) is 1. The zero-order chi connectivity index (χ0) is 11.4. The van der Waals surface area contributed by atoms with Crippen molar-refractivity contribution in [2.75, 3.05) is 11.9 Å². The van der Waals surface area contributed by atoms with Crippen molar-refractivity contribution in [1.82, 2.24) is 4.98 Å². The van der Waals surface area contributed by atoms with Crippen LogP contribution in [0.5, 0.6) is 0 Å². The van der Waals surface area contributed by atoms with Crippen LogP contribution in [0.3, 0.4) is 0 Å². The van der Waals surface area contributed by atoms with Gasteiger partial charge < -0.3 is 10.6 Å². The molecule has 2 aromatic rings. The molecule has 3 nitrogen and oxygen atoms in total. The first-order valence-corrected chi connectivity index (χ1v) is 5.24. The van der Waals surface area contributed by atoms with Crippen LogP contribution in [0.4, 0.5) is 11.4 Å². The van der Waals surface area contributed by atoms with Gasteiger partial charge in [0.15, 0.2) is 0 Å². The number of pyridine rings is 1. The predicted octanol–water partition coefficient (Wildman–Crippen LogP) is 2.31. The Bertz CT molecular complexity index is 454. The smallest absolute Gasteiger partial charge is 0.0484 e. The van der Waals surface area contributed by atoms with Gasteiger partial charge in [0.25, 0.3) is 0 Å². The number of rotatable bonds is 3. The fourth-order valence-corrected chi connectivity index (χ4v) is 1.69. The zero-order valence-electron chi connectivity index (χ0n) is 9.30. The van der Waals surface area contributed by atoms with E-state index in [-0.39, 0.29) is 0 Å². The van der Waals surface area contributed by atoms with Crippen molar-refractivity contribution in [1.29, 1.82) is 0 Å². The Labute approximate surface area is 95.5 Å². The molecule has 82 valence electrons. The quantitative estimate of drug-likeness (QED) is 0.850. The second kappa shape index (κ2) is 4.77. The lowest BCUT2D eigenvalue weighted by atomic mass is 10.2. The van der Waals surface area contributed by atoms with Gasteiger partial charge in [-0.15, -0.1) is 0 Å². The molecule has 3 heteroatoms. The third kappa shape index (κ3) is 2.04. The van der Waals surface area contributed by atoms with Crippen molar-refractivity contribution in [2.24, 2.45) is 5.73 Å². The van der Waals surface area contributed by atoms with E-state index in [0.717, 1.165) is 16.9 Å². The Hall–Kier alpha value is -1.87. The number of hydrogen-bond acceptors (Lipinski definition) is 3. The van der Waals surface area contributed by atoms with Crippen LogP contribution in [0.25, 0.3) is 0 Å². The molecule has 0 aliphatic carbocycles. The molecule has 0 radical (unpaired) electrons. The molecule has 0 bridgehead atoms. The standard InChI is InChI=1S/C13H15N3/c1-16(12-5-3-2-4-6-12)13-7-8-15-10-11(13)9-14/h2-8,10H,9,14H2,1H3. The minimum atomic E-state index is 0.500. The van der Waals surface area contributed by atoms with E-state index in [1.165, 1.54) is 0 Å². The average molecular weight is 213 g/mol. The summed E-state index contributed by atoms with van der Waals surface area (Å²) in [6.45, 7) is 0.500. The van der Waals surface area contributed by atoms with Crippen LogP contribution >= 0.6 is 0 Å². The molecule has 0 saturated carbocycles. The van der Waals surface area contributed by atoms with E-state index in [2.05, 4.69) is 22.0 Å². The van der Waals surface area contributed by atoms with Crippen LogP contribution in [0, 0.1) is 0 Å². The van der Waals surface area contributed by atoms with Crippen LogP contribution in [-0.4, -0.2) is 12.0 Å². The van der Waals surface area contributed by atoms with Gasteiger partial charge in [-0.3, -0.25) is 4.98 Å². The Balaban J connectivity index is 2.37. The number of para-hydroxylation sites is 1. The Morgan fingerprint density at radius 1 is 1.19 bits per heavy atom. The summed E-state index contributed by atoms with van der Waals surface area (Å²) in [6.07, 6.45) is 3.60. The average Bonchev–Trinajstić information content (AvgIpc) is 2.39. The van der Waals surface area contributed by atoms with Gasteiger partial charge in [0, 0.05) is 42.9 Å². The van der Waals surface area contributed by atoms with Crippen molar-refractivity contribution in [3.63, 3.8) is 0 Å². The molecule has 0 unspecified atom stereocenters. The van der Waals surface area contributed by atoms with E-state index in [4.69, 9.17) is 5.73 Å². The van der Waals surface area contributed by atoms with Crippen molar-refractivity contribution in [3.8, 4) is 0 Å². The van der Waals surface area contributed by atoms with Crippen molar-refractivity contribution in [3.05, 3.63) is 54.4 Å². The highest BCUT2D eigenvalue weighted by molar-refractivity contribution is 5.64. The molecule has 0 aliphatic rings. The van der Waals surface area contributed by atoms with Gasteiger partial charge in [-0.25, -0.2) is 0 Å². The highest BCUT2D eigenvalue weighted by Crippen LogP contribution is 2.25. The van der Waals surface area contributed by atoms with Crippen molar-refractivity contribution in [2.45, 2.75) is 6.54 Å². The summed E-state index contributed by atoms with van der Waals surface area (Å²) in [6, 6.07) is 12.2. The molecule has 2 rings (SSSR count). The van der Waals surface area contributed by atoms with Gasteiger partial charge in [0.1, 0.15) is 0 Å². The summed E-state index contributed by atoms with van der Waals surface area (Å²) >= 11 is 0. The highest BCUT2D eigenvalue weighted by atomic mass is 15.1. The monoisotopic (exact) mass is 213 g/mol. The minimum Gasteiger partial charge on any atom is -0.344 e. The first kappa shape index (κ1) is 10.6. The molecule has 0 amide bonds. The van der Waals surface area contributed by atoms with Gasteiger partial charge in [-0.2, -0.15) is 0 Å². The fraction of sp³-hybridized carbons (Fsp3) is 0.154. The van der Waals surface area contributed by atoms with Gasteiger partial charge in [-0.1, -0.05) is 18.2 Å². The molecule has 0 saturated heterocycles. The predicted molar refractivity (Wildman–Crippen MR) is 66.6 cm³/mol. The Kier molecular flexibility index (Phi) is 3.17. The van der Waals surface area contributed by atoms with Crippen molar-refractivity contribution < 1.29 is 0 Å². The number of nitrogens with zero attached hydrogens (tertiary/aromatic N) is 2. The summed E-state index contributed by atoms with van der Waals surface area (Å²) in [5.41, 5.74) is 8.99. The molecule has 0 aliphatic heterocycles. The maximum absolute atomic E-state index is 5.70. The summed E-state index contributed by atoms with van der Waals surface area (Å²) in [5.74, 6) is 0. The van der Waals surface area contributed by atoms with Crippen LogP contribution < -0.4 is 10.6 Å². The second-order valence-corrected chi connectivity index (χ2v) is 3.60. The maximum Gasteiger partial charge on any atom is 0.0484 e. The lowest BCUT2D eigenvalue weighted by Crippen LogP contribution is -2.13. The van der Waals surface area contributed by atoms with E-state index in [1.807, 2.05) is 37.5 Å². The molecular weight excluding hydrogens is 198 g/mol. The summed E-state index contributed by atoms with van der Waals surface area (Å²) in [7, 11) is 2.03. The molecule has 1 aromatic carbocycles. The molecular formula is C13H15N3. The van der Waals surface area contributed by atoms with Gasteiger partial charge in [-0.05, 0) is 18.2 Å². The van der Waals surface area contributed by atoms with Crippen molar-refractivity contribution >= 4 is 11.4 Å². The molecule has 0 atom stereocenters. The van der Waals surface area contributed by atoms with Gasteiger partial charge >= 0.3 is 0 Å². The van der Waals surface area contributed by atoms with Crippen LogP contribution in [0.2, 0.25) is 0 Å².